The molecule has 8 nitrogen and oxygen atoms in total. The van der Waals surface area contributed by atoms with Gasteiger partial charge >= 0.3 is 0 Å². The minimum absolute atomic E-state index is 0.129. The van der Waals surface area contributed by atoms with E-state index >= 15 is 0 Å². The summed E-state index contributed by atoms with van der Waals surface area (Å²) < 4.78 is 3.26. The molecule has 2 heterocycles. The summed E-state index contributed by atoms with van der Waals surface area (Å²) in [6, 6.07) is 0. The Morgan fingerprint density at radius 1 is 1.40 bits per heavy atom. The lowest BCUT2D eigenvalue weighted by Gasteiger charge is -2.05. The summed E-state index contributed by atoms with van der Waals surface area (Å²) in [6.45, 7) is 4.53. The molecule has 0 spiro atoms. The van der Waals surface area contributed by atoms with Crippen molar-refractivity contribution in [2.45, 2.75) is 26.9 Å². The van der Waals surface area contributed by atoms with E-state index in [4.69, 9.17) is 0 Å². The molecular formula is C12H19N7O. The van der Waals surface area contributed by atoms with E-state index in [0.717, 1.165) is 22.8 Å². The number of hydrogen-bond acceptors (Lipinski definition) is 5. The molecular weight excluding hydrogens is 258 g/mol. The van der Waals surface area contributed by atoms with Crippen molar-refractivity contribution in [3.05, 3.63) is 23.3 Å². The van der Waals surface area contributed by atoms with Gasteiger partial charge in [0.2, 0.25) is 5.91 Å². The molecule has 8 heteroatoms. The minimum atomic E-state index is -0.148. The molecule has 2 N–H and O–H groups in total. The fourth-order valence-corrected chi connectivity index (χ4v) is 1.96. The van der Waals surface area contributed by atoms with E-state index in [-0.39, 0.29) is 12.5 Å². The average Bonchev–Trinajstić information content (AvgIpc) is 2.91. The molecule has 0 saturated heterocycles. The first-order valence-corrected chi connectivity index (χ1v) is 6.35. The van der Waals surface area contributed by atoms with Crippen LogP contribution >= 0.6 is 0 Å². The van der Waals surface area contributed by atoms with Crippen molar-refractivity contribution in [3.63, 3.8) is 0 Å². The van der Waals surface area contributed by atoms with Crippen molar-refractivity contribution in [2.24, 2.45) is 7.05 Å². The van der Waals surface area contributed by atoms with Crippen molar-refractivity contribution in [1.29, 1.82) is 0 Å². The molecule has 0 aliphatic carbocycles. The second-order valence-corrected chi connectivity index (χ2v) is 4.66. The summed E-state index contributed by atoms with van der Waals surface area (Å²) in [5.74, 6) is -0.148. The number of rotatable bonds is 5. The third-order valence-electron chi connectivity index (χ3n) is 3.02. The Kier molecular flexibility index (Phi) is 4.14. The Morgan fingerprint density at radius 2 is 2.15 bits per heavy atom. The molecule has 0 saturated carbocycles. The fraction of sp³-hybridized carbons (Fsp3) is 0.500. The highest BCUT2D eigenvalue weighted by Gasteiger charge is 2.13. The number of nitrogens with zero attached hydrogens (tertiary/aromatic N) is 5. The molecule has 1 amide bonds. The van der Waals surface area contributed by atoms with Gasteiger partial charge in [0, 0.05) is 13.6 Å². The molecule has 0 aliphatic heterocycles. The van der Waals surface area contributed by atoms with Gasteiger partial charge in [-0.1, -0.05) is 5.21 Å². The third kappa shape index (κ3) is 3.02. The molecule has 108 valence electrons. The minimum Gasteiger partial charge on any atom is -0.321 e. The Bertz CT molecular complexity index is 613. The number of aromatic nitrogens is 5. The maximum Gasteiger partial charge on any atom is 0.246 e. The van der Waals surface area contributed by atoms with Gasteiger partial charge < -0.3 is 10.6 Å². The number of amides is 1. The molecule has 0 aromatic carbocycles. The highest BCUT2D eigenvalue weighted by atomic mass is 16.2. The number of anilines is 1. The quantitative estimate of drug-likeness (QED) is 0.802. The van der Waals surface area contributed by atoms with Crippen LogP contribution in [0.1, 0.15) is 17.1 Å². The lowest BCUT2D eigenvalue weighted by atomic mass is 10.3. The topological polar surface area (TPSA) is 89.7 Å². The first kappa shape index (κ1) is 14.2. The number of carbonyl (C=O) groups is 1. The number of hydrogen-bond donors (Lipinski definition) is 2. The molecule has 0 atom stereocenters. The van der Waals surface area contributed by atoms with Crippen LogP contribution in [0, 0.1) is 13.8 Å². The van der Waals surface area contributed by atoms with Gasteiger partial charge in [-0.3, -0.25) is 9.48 Å². The summed E-state index contributed by atoms with van der Waals surface area (Å²) in [6.07, 6.45) is 1.75. The molecule has 0 bridgehead atoms. The Labute approximate surface area is 117 Å². The summed E-state index contributed by atoms with van der Waals surface area (Å²) in [4.78, 5) is 12.0. The van der Waals surface area contributed by atoms with Crippen LogP contribution in [0.2, 0.25) is 0 Å². The molecule has 0 fully saturated rings. The van der Waals surface area contributed by atoms with Crippen LogP contribution in [-0.4, -0.2) is 37.7 Å². The second kappa shape index (κ2) is 5.83. The van der Waals surface area contributed by atoms with E-state index in [1.165, 1.54) is 4.68 Å². The first-order chi connectivity index (χ1) is 9.51. The van der Waals surface area contributed by atoms with E-state index in [0.29, 0.717) is 6.54 Å². The van der Waals surface area contributed by atoms with Gasteiger partial charge in [-0.15, -0.1) is 5.10 Å². The van der Waals surface area contributed by atoms with Gasteiger partial charge in [0.15, 0.2) is 0 Å². The lowest BCUT2D eigenvalue weighted by Crippen LogP contribution is -2.20. The van der Waals surface area contributed by atoms with Crippen molar-refractivity contribution in [2.75, 3.05) is 12.4 Å². The molecule has 2 aromatic rings. The Morgan fingerprint density at radius 3 is 2.75 bits per heavy atom. The zero-order valence-corrected chi connectivity index (χ0v) is 12.1. The third-order valence-corrected chi connectivity index (χ3v) is 3.02. The molecule has 0 radical (unpaired) electrons. The highest BCUT2D eigenvalue weighted by molar-refractivity contribution is 5.91. The standard InChI is InChI=1S/C12H19N7O/c1-8-12(9(2)18(4)16-8)14-11(20)7-19-6-10(5-13-3)15-17-19/h6,13H,5,7H2,1-4H3,(H,14,20). The second-order valence-electron chi connectivity index (χ2n) is 4.66. The van der Waals surface area contributed by atoms with Gasteiger partial charge in [-0.25, -0.2) is 4.68 Å². The smallest absolute Gasteiger partial charge is 0.246 e. The van der Waals surface area contributed by atoms with Crippen molar-refractivity contribution < 1.29 is 4.79 Å². The highest BCUT2D eigenvalue weighted by Crippen LogP contribution is 2.18. The van der Waals surface area contributed by atoms with Crippen LogP contribution in [0.3, 0.4) is 0 Å². The number of carbonyl (C=O) groups excluding carboxylic acids is 1. The zero-order chi connectivity index (χ0) is 14.7. The van der Waals surface area contributed by atoms with E-state index in [1.54, 1.807) is 10.9 Å². The predicted octanol–water partition coefficient (Wildman–Crippen LogP) is -0.0135. The Hall–Kier alpha value is -2.22. The van der Waals surface area contributed by atoms with E-state index in [1.807, 2.05) is 27.9 Å². The lowest BCUT2D eigenvalue weighted by molar-refractivity contribution is -0.116. The maximum atomic E-state index is 12.0. The Balaban J connectivity index is 2.01. The van der Waals surface area contributed by atoms with E-state index in [9.17, 15) is 4.79 Å². The van der Waals surface area contributed by atoms with Crippen LogP contribution in [0.5, 0.6) is 0 Å². The maximum absolute atomic E-state index is 12.0. The summed E-state index contributed by atoms with van der Waals surface area (Å²) in [5.41, 5.74) is 3.28. The fourth-order valence-electron chi connectivity index (χ4n) is 1.96. The van der Waals surface area contributed by atoms with E-state index in [2.05, 4.69) is 26.0 Å². The van der Waals surface area contributed by atoms with E-state index < -0.39 is 0 Å². The SMILES string of the molecule is CNCc1cn(CC(=O)Nc2c(C)nn(C)c2C)nn1. The normalized spacial score (nSPS) is 10.8. The summed E-state index contributed by atoms with van der Waals surface area (Å²) in [7, 11) is 3.68. The number of aryl methyl sites for hydroxylation is 2. The first-order valence-electron chi connectivity index (χ1n) is 6.35. The van der Waals surface area contributed by atoms with Crippen LogP contribution in [0.4, 0.5) is 5.69 Å². The van der Waals surface area contributed by atoms with Crippen LogP contribution in [0.15, 0.2) is 6.20 Å². The number of nitrogens with one attached hydrogen (secondary N) is 2. The zero-order valence-electron chi connectivity index (χ0n) is 12.1. The molecule has 20 heavy (non-hydrogen) atoms. The van der Waals surface area contributed by atoms with Gasteiger partial charge in [-0.05, 0) is 20.9 Å². The van der Waals surface area contributed by atoms with Crippen molar-refractivity contribution in [3.8, 4) is 0 Å². The molecule has 0 unspecified atom stereocenters. The largest absolute Gasteiger partial charge is 0.321 e. The molecule has 2 aromatic heterocycles. The predicted molar refractivity (Wildman–Crippen MR) is 74.1 cm³/mol. The van der Waals surface area contributed by atoms with Gasteiger partial charge in [0.05, 0.1) is 29.0 Å². The van der Waals surface area contributed by atoms with Gasteiger partial charge in [0.25, 0.3) is 0 Å². The van der Waals surface area contributed by atoms with Gasteiger partial charge in [0.1, 0.15) is 6.54 Å². The van der Waals surface area contributed by atoms with Gasteiger partial charge in [-0.2, -0.15) is 5.10 Å². The van der Waals surface area contributed by atoms with Crippen LogP contribution in [0.25, 0.3) is 0 Å². The van der Waals surface area contributed by atoms with Crippen LogP contribution in [-0.2, 0) is 24.9 Å². The summed E-state index contributed by atoms with van der Waals surface area (Å²) in [5, 5.41) is 18.0. The molecule has 0 aliphatic rings. The van der Waals surface area contributed by atoms with Crippen molar-refractivity contribution in [1.82, 2.24) is 30.1 Å². The monoisotopic (exact) mass is 277 g/mol. The average molecular weight is 277 g/mol. The molecule has 2 rings (SSSR count). The summed E-state index contributed by atoms with van der Waals surface area (Å²) >= 11 is 0. The van der Waals surface area contributed by atoms with Crippen LogP contribution < -0.4 is 10.6 Å². The van der Waals surface area contributed by atoms with Crippen molar-refractivity contribution >= 4 is 11.6 Å².